The molecule has 62 valence electrons. The highest BCUT2D eigenvalue weighted by molar-refractivity contribution is 4.94. The zero-order valence-electron chi connectivity index (χ0n) is 6.74. The highest BCUT2D eigenvalue weighted by Crippen LogP contribution is 2.05. The van der Waals surface area contributed by atoms with Crippen LogP contribution in [0.3, 0.4) is 0 Å². The molecule has 0 aromatic heterocycles. The van der Waals surface area contributed by atoms with E-state index in [9.17, 15) is 0 Å². The maximum Gasteiger partial charge on any atom is 0.0935 e. The molecule has 11 heavy (non-hydrogen) atoms. The van der Waals surface area contributed by atoms with Crippen LogP contribution in [0.5, 0.6) is 0 Å². The molecule has 1 heterocycles. The smallest absolute Gasteiger partial charge is 0.0935 e. The Morgan fingerprint density at radius 3 is 2.91 bits per heavy atom. The third kappa shape index (κ3) is 2.27. The summed E-state index contributed by atoms with van der Waals surface area (Å²) < 4.78 is 0. The summed E-state index contributed by atoms with van der Waals surface area (Å²) in [6, 6.07) is 0. The SMILES string of the molecule is C=CN1C=CN(CCCN)C1. The third-order valence-electron chi connectivity index (χ3n) is 1.70. The minimum absolute atomic E-state index is 0.762. The molecule has 1 aliphatic heterocycles. The first-order valence-corrected chi connectivity index (χ1v) is 3.87. The number of rotatable bonds is 4. The fourth-order valence-electron chi connectivity index (χ4n) is 1.04. The first-order valence-electron chi connectivity index (χ1n) is 3.87. The summed E-state index contributed by atoms with van der Waals surface area (Å²) in [5.41, 5.74) is 5.39. The summed E-state index contributed by atoms with van der Waals surface area (Å²) in [5.74, 6) is 0. The quantitative estimate of drug-likeness (QED) is 0.639. The van der Waals surface area contributed by atoms with E-state index in [0.29, 0.717) is 0 Å². The van der Waals surface area contributed by atoms with Gasteiger partial charge in [-0.2, -0.15) is 0 Å². The lowest BCUT2D eigenvalue weighted by molar-refractivity contribution is 0.313. The third-order valence-corrected chi connectivity index (χ3v) is 1.70. The Labute approximate surface area is 67.8 Å². The molecule has 2 N–H and O–H groups in total. The normalized spacial score (nSPS) is 16.1. The van der Waals surface area contributed by atoms with Gasteiger partial charge in [-0.3, -0.25) is 0 Å². The van der Waals surface area contributed by atoms with E-state index in [-0.39, 0.29) is 0 Å². The van der Waals surface area contributed by atoms with Crippen molar-refractivity contribution in [3.63, 3.8) is 0 Å². The highest BCUT2D eigenvalue weighted by atomic mass is 15.3. The van der Waals surface area contributed by atoms with Gasteiger partial charge in [-0.15, -0.1) is 0 Å². The van der Waals surface area contributed by atoms with Crippen molar-refractivity contribution in [2.24, 2.45) is 5.73 Å². The Hall–Kier alpha value is -0.960. The van der Waals surface area contributed by atoms with Gasteiger partial charge in [0.2, 0.25) is 0 Å². The average molecular weight is 153 g/mol. The molecule has 0 spiro atoms. The molecule has 1 rings (SSSR count). The number of hydrogen-bond donors (Lipinski definition) is 1. The molecule has 0 bridgehead atoms. The van der Waals surface area contributed by atoms with Crippen LogP contribution in [0.1, 0.15) is 6.42 Å². The van der Waals surface area contributed by atoms with Gasteiger partial charge >= 0.3 is 0 Å². The van der Waals surface area contributed by atoms with Crippen LogP contribution in [-0.2, 0) is 0 Å². The molecule has 0 aliphatic carbocycles. The van der Waals surface area contributed by atoms with Crippen LogP contribution >= 0.6 is 0 Å². The first-order chi connectivity index (χ1) is 5.36. The number of nitrogens with two attached hydrogens (primary N) is 1. The van der Waals surface area contributed by atoms with Crippen LogP contribution in [-0.4, -0.2) is 29.6 Å². The lowest BCUT2D eigenvalue weighted by atomic mass is 10.4. The molecule has 0 saturated heterocycles. The van der Waals surface area contributed by atoms with Gasteiger partial charge in [0.1, 0.15) is 0 Å². The maximum absolute atomic E-state index is 5.39. The van der Waals surface area contributed by atoms with Crippen molar-refractivity contribution in [2.45, 2.75) is 6.42 Å². The van der Waals surface area contributed by atoms with E-state index in [2.05, 4.69) is 17.7 Å². The van der Waals surface area contributed by atoms with E-state index < -0.39 is 0 Å². The molecule has 0 fully saturated rings. The van der Waals surface area contributed by atoms with E-state index in [1.54, 1.807) is 0 Å². The summed E-state index contributed by atoms with van der Waals surface area (Å²) in [6.45, 7) is 6.40. The van der Waals surface area contributed by atoms with Crippen LogP contribution in [0.2, 0.25) is 0 Å². The molecule has 3 nitrogen and oxygen atoms in total. The topological polar surface area (TPSA) is 32.5 Å². The summed E-state index contributed by atoms with van der Waals surface area (Å²) in [5, 5.41) is 0. The van der Waals surface area contributed by atoms with E-state index in [0.717, 1.165) is 26.2 Å². The summed E-state index contributed by atoms with van der Waals surface area (Å²) in [6.07, 6.45) is 6.95. The molecule has 0 radical (unpaired) electrons. The minimum atomic E-state index is 0.762. The van der Waals surface area contributed by atoms with Crippen LogP contribution in [0.25, 0.3) is 0 Å². The molecule has 0 amide bonds. The van der Waals surface area contributed by atoms with Crippen molar-refractivity contribution >= 4 is 0 Å². The molecule has 1 aliphatic rings. The van der Waals surface area contributed by atoms with Crippen molar-refractivity contribution in [3.8, 4) is 0 Å². The van der Waals surface area contributed by atoms with E-state index >= 15 is 0 Å². The van der Waals surface area contributed by atoms with E-state index in [1.807, 2.05) is 17.3 Å². The molecule has 0 unspecified atom stereocenters. The average Bonchev–Trinajstić information content (AvgIpc) is 2.48. The van der Waals surface area contributed by atoms with Gasteiger partial charge in [0.25, 0.3) is 0 Å². The van der Waals surface area contributed by atoms with Crippen LogP contribution in [0.4, 0.5) is 0 Å². The van der Waals surface area contributed by atoms with Crippen LogP contribution < -0.4 is 5.73 Å². The lowest BCUT2D eigenvalue weighted by Gasteiger charge is -2.17. The monoisotopic (exact) mass is 153 g/mol. The van der Waals surface area contributed by atoms with Gasteiger partial charge in [-0.25, -0.2) is 0 Å². The fourth-order valence-corrected chi connectivity index (χ4v) is 1.04. The number of hydrogen-bond acceptors (Lipinski definition) is 3. The Kier molecular flexibility index (Phi) is 2.98. The summed E-state index contributed by atoms with van der Waals surface area (Å²) in [7, 11) is 0. The summed E-state index contributed by atoms with van der Waals surface area (Å²) in [4.78, 5) is 4.26. The predicted octanol–water partition coefficient (Wildman–Crippen LogP) is 0.525. The van der Waals surface area contributed by atoms with Crippen molar-refractivity contribution in [2.75, 3.05) is 19.8 Å². The Morgan fingerprint density at radius 1 is 1.55 bits per heavy atom. The van der Waals surface area contributed by atoms with Gasteiger partial charge in [0.05, 0.1) is 6.67 Å². The second-order valence-corrected chi connectivity index (χ2v) is 2.59. The predicted molar refractivity (Wildman–Crippen MR) is 46.4 cm³/mol. The molecular weight excluding hydrogens is 138 g/mol. The maximum atomic E-state index is 5.39. The highest BCUT2D eigenvalue weighted by Gasteiger charge is 2.07. The second-order valence-electron chi connectivity index (χ2n) is 2.59. The first kappa shape index (κ1) is 8.14. The molecular formula is C8H15N3. The van der Waals surface area contributed by atoms with Crippen LogP contribution in [0, 0.1) is 0 Å². The van der Waals surface area contributed by atoms with Crippen molar-refractivity contribution in [3.05, 3.63) is 25.2 Å². The molecule has 0 saturated carbocycles. The Balaban J connectivity index is 2.20. The zero-order valence-corrected chi connectivity index (χ0v) is 6.74. The van der Waals surface area contributed by atoms with Crippen molar-refractivity contribution in [1.29, 1.82) is 0 Å². The number of nitrogens with zero attached hydrogens (tertiary/aromatic N) is 2. The van der Waals surface area contributed by atoms with Crippen molar-refractivity contribution in [1.82, 2.24) is 9.80 Å². The summed E-state index contributed by atoms with van der Waals surface area (Å²) >= 11 is 0. The van der Waals surface area contributed by atoms with E-state index in [4.69, 9.17) is 5.73 Å². The molecule has 3 heteroatoms. The molecule has 0 aromatic carbocycles. The van der Waals surface area contributed by atoms with Crippen molar-refractivity contribution < 1.29 is 0 Å². The van der Waals surface area contributed by atoms with Gasteiger partial charge in [-0.05, 0) is 19.2 Å². The van der Waals surface area contributed by atoms with Gasteiger partial charge in [-0.1, -0.05) is 6.58 Å². The largest absolute Gasteiger partial charge is 0.358 e. The standard InChI is InChI=1S/C8H15N3/c1-2-10-6-7-11(8-10)5-3-4-9/h2,6-7H,1,3-5,8-9H2. The Morgan fingerprint density at radius 2 is 2.36 bits per heavy atom. The van der Waals surface area contributed by atoms with Crippen LogP contribution in [0.15, 0.2) is 25.2 Å². The van der Waals surface area contributed by atoms with E-state index in [1.165, 1.54) is 0 Å². The lowest BCUT2D eigenvalue weighted by Crippen LogP contribution is -2.24. The van der Waals surface area contributed by atoms with Gasteiger partial charge < -0.3 is 15.5 Å². The fraction of sp³-hybridized carbons (Fsp3) is 0.500. The van der Waals surface area contributed by atoms with Gasteiger partial charge in [0.15, 0.2) is 0 Å². The molecule has 0 aromatic rings. The second kappa shape index (κ2) is 4.03. The zero-order chi connectivity index (χ0) is 8.10. The Bertz CT molecular complexity index is 153. The minimum Gasteiger partial charge on any atom is -0.358 e. The molecule has 0 atom stereocenters. The van der Waals surface area contributed by atoms with Gasteiger partial charge in [0, 0.05) is 18.9 Å².